The molecule has 0 bridgehead atoms. The van der Waals surface area contributed by atoms with Gasteiger partial charge in [-0.15, -0.1) is 0 Å². The second kappa shape index (κ2) is 12.8. The Morgan fingerprint density at radius 2 is 1.91 bits per heavy atom. The second-order valence-electron chi connectivity index (χ2n) is 6.92. The molecular formula is C23H28Cl3N5O. The number of pyridine rings is 1. The topological polar surface area (TPSA) is 87.9 Å². The quantitative estimate of drug-likeness (QED) is 0.404. The number of H-pyrrole nitrogens is 1. The number of nitrogens with two attached hydrogens (primary N) is 1. The molecule has 0 saturated carbocycles. The maximum absolute atomic E-state index is 12.0. The summed E-state index contributed by atoms with van der Waals surface area (Å²) in [5.41, 5.74) is 9.08. The van der Waals surface area contributed by atoms with E-state index in [0.717, 1.165) is 29.0 Å². The summed E-state index contributed by atoms with van der Waals surface area (Å²) in [6, 6.07) is 9.02. The van der Waals surface area contributed by atoms with E-state index in [1.807, 2.05) is 39.0 Å². The standard InChI is InChI=1S/C15H20Cl2N2O.C8H8ClN3/c1-3-13(19(8-7-18)15(20)4-2)9-11-5-6-12(16)10-14(11)17;1-2-7-10-5-3-4-6(9)11-8(5)12-7/h3,5-6,10H,4,7-9,18H2,1-2H3;3-4H,2H2,1H3,(H,10,11,12)/b13-3-;. The summed E-state index contributed by atoms with van der Waals surface area (Å²) in [6.45, 7) is 6.73. The van der Waals surface area contributed by atoms with Crippen LogP contribution in [0.3, 0.4) is 0 Å². The SMILES string of the molecule is C/C=C(/Cc1ccc(Cl)cc1Cl)N(CCN)C(=O)CC.CCc1nc2nc(Cl)ccc2[nH]1. The molecule has 3 N–H and O–H groups in total. The fourth-order valence-electron chi connectivity index (χ4n) is 3.05. The van der Waals surface area contributed by atoms with Crippen molar-refractivity contribution in [1.82, 2.24) is 19.9 Å². The van der Waals surface area contributed by atoms with Crippen molar-refractivity contribution in [1.29, 1.82) is 0 Å². The molecule has 2 aromatic heterocycles. The number of aromatic amines is 1. The van der Waals surface area contributed by atoms with E-state index >= 15 is 0 Å². The van der Waals surface area contributed by atoms with E-state index < -0.39 is 0 Å². The number of amides is 1. The zero-order valence-corrected chi connectivity index (χ0v) is 20.7. The van der Waals surface area contributed by atoms with Crippen LogP contribution in [0.25, 0.3) is 11.2 Å². The highest BCUT2D eigenvalue weighted by atomic mass is 35.5. The maximum Gasteiger partial charge on any atom is 0.226 e. The Morgan fingerprint density at radius 1 is 1.16 bits per heavy atom. The Labute approximate surface area is 203 Å². The Morgan fingerprint density at radius 3 is 2.50 bits per heavy atom. The summed E-state index contributed by atoms with van der Waals surface area (Å²) in [7, 11) is 0. The van der Waals surface area contributed by atoms with E-state index in [0.29, 0.717) is 46.8 Å². The van der Waals surface area contributed by atoms with Gasteiger partial charge in [-0.3, -0.25) is 4.79 Å². The average molecular weight is 497 g/mol. The minimum Gasteiger partial charge on any atom is -0.341 e. The summed E-state index contributed by atoms with van der Waals surface area (Å²) in [5, 5.41) is 1.69. The third-order valence-electron chi connectivity index (χ3n) is 4.72. The molecule has 0 unspecified atom stereocenters. The molecule has 3 rings (SSSR count). The molecule has 3 aromatic rings. The van der Waals surface area contributed by atoms with Crippen LogP contribution in [0.1, 0.15) is 38.6 Å². The molecule has 6 nitrogen and oxygen atoms in total. The molecule has 1 amide bonds. The lowest BCUT2D eigenvalue weighted by atomic mass is 10.1. The number of rotatable bonds is 7. The fraction of sp³-hybridized carbons (Fsp3) is 0.348. The van der Waals surface area contributed by atoms with Gasteiger partial charge in [-0.25, -0.2) is 9.97 Å². The van der Waals surface area contributed by atoms with Crippen molar-refractivity contribution >= 4 is 51.9 Å². The molecule has 32 heavy (non-hydrogen) atoms. The third kappa shape index (κ3) is 7.20. The molecule has 0 aliphatic rings. The first-order valence-electron chi connectivity index (χ1n) is 10.4. The van der Waals surface area contributed by atoms with Gasteiger partial charge in [0.2, 0.25) is 5.91 Å². The summed E-state index contributed by atoms with van der Waals surface area (Å²) in [5.74, 6) is 1.01. The lowest BCUT2D eigenvalue weighted by Crippen LogP contribution is -2.35. The monoisotopic (exact) mass is 495 g/mol. The number of aromatic nitrogens is 3. The van der Waals surface area contributed by atoms with Crippen molar-refractivity contribution in [3.05, 3.63) is 68.7 Å². The van der Waals surface area contributed by atoms with E-state index in [2.05, 4.69) is 15.0 Å². The number of benzene rings is 1. The highest BCUT2D eigenvalue weighted by Gasteiger charge is 2.16. The Balaban J connectivity index is 0.000000255. The van der Waals surface area contributed by atoms with Crippen LogP contribution in [-0.4, -0.2) is 38.8 Å². The van der Waals surface area contributed by atoms with E-state index in [4.69, 9.17) is 40.5 Å². The van der Waals surface area contributed by atoms with Crippen molar-refractivity contribution in [3.8, 4) is 0 Å². The van der Waals surface area contributed by atoms with Crippen molar-refractivity contribution < 1.29 is 4.79 Å². The molecule has 172 valence electrons. The van der Waals surface area contributed by atoms with Crippen molar-refractivity contribution in [2.75, 3.05) is 13.1 Å². The normalized spacial score (nSPS) is 11.3. The number of imidazole rings is 1. The fourth-order valence-corrected chi connectivity index (χ4v) is 3.67. The van der Waals surface area contributed by atoms with E-state index in [9.17, 15) is 4.79 Å². The van der Waals surface area contributed by atoms with Crippen LogP contribution in [0.15, 0.2) is 42.1 Å². The van der Waals surface area contributed by atoms with Gasteiger partial charge in [0.05, 0.1) is 5.52 Å². The Hall–Kier alpha value is -2.12. The van der Waals surface area contributed by atoms with Gasteiger partial charge in [-0.1, -0.05) is 60.8 Å². The Kier molecular flexibility index (Phi) is 10.5. The highest BCUT2D eigenvalue weighted by Crippen LogP contribution is 2.24. The number of carbonyl (C=O) groups is 1. The summed E-state index contributed by atoms with van der Waals surface area (Å²) >= 11 is 17.8. The van der Waals surface area contributed by atoms with Crippen molar-refractivity contribution in [2.45, 2.75) is 40.0 Å². The van der Waals surface area contributed by atoms with Gasteiger partial charge in [-0.2, -0.15) is 0 Å². The van der Waals surface area contributed by atoms with Gasteiger partial charge in [0.15, 0.2) is 5.65 Å². The first-order valence-corrected chi connectivity index (χ1v) is 11.6. The first-order chi connectivity index (χ1) is 15.3. The molecule has 0 aliphatic carbocycles. The summed E-state index contributed by atoms with van der Waals surface area (Å²) < 4.78 is 0. The molecule has 2 heterocycles. The molecule has 0 saturated heterocycles. The number of nitrogens with zero attached hydrogens (tertiary/aromatic N) is 3. The second-order valence-corrected chi connectivity index (χ2v) is 8.15. The molecule has 0 aliphatic heterocycles. The smallest absolute Gasteiger partial charge is 0.226 e. The van der Waals surface area contributed by atoms with Crippen LogP contribution in [0.4, 0.5) is 0 Å². The first kappa shape index (κ1) is 26.1. The number of nitrogens with one attached hydrogen (secondary N) is 1. The number of aryl methyl sites for hydroxylation is 1. The predicted octanol–water partition coefficient (Wildman–Crippen LogP) is 5.81. The molecular weight excluding hydrogens is 469 g/mol. The van der Waals surface area contributed by atoms with Crippen LogP contribution in [0.5, 0.6) is 0 Å². The predicted molar refractivity (Wildman–Crippen MR) is 133 cm³/mol. The zero-order chi connectivity index (χ0) is 23.7. The lowest BCUT2D eigenvalue weighted by molar-refractivity contribution is -0.128. The molecule has 0 spiro atoms. The molecule has 0 radical (unpaired) electrons. The van der Waals surface area contributed by atoms with Crippen LogP contribution in [0.2, 0.25) is 15.2 Å². The number of hydrogen-bond acceptors (Lipinski definition) is 4. The number of allylic oxidation sites excluding steroid dienone is 2. The average Bonchev–Trinajstić information content (AvgIpc) is 3.19. The number of fused-ring (bicyclic) bond motifs is 1. The van der Waals surface area contributed by atoms with Gasteiger partial charge < -0.3 is 15.6 Å². The van der Waals surface area contributed by atoms with Gasteiger partial charge >= 0.3 is 0 Å². The van der Waals surface area contributed by atoms with Crippen LogP contribution in [-0.2, 0) is 17.6 Å². The third-order valence-corrected chi connectivity index (χ3v) is 5.52. The van der Waals surface area contributed by atoms with Crippen molar-refractivity contribution in [3.63, 3.8) is 0 Å². The molecule has 0 atom stereocenters. The largest absolute Gasteiger partial charge is 0.341 e. The van der Waals surface area contributed by atoms with E-state index in [1.165, 1.54) is 0 Å². The molecule has 9 heteroatoms. The van der Waals surface area contributed by atoms with Gasteiger partial charge in [-0.05, 0) is 36.8 Å². The van der Waals surface area contributed by atoms with E-state index in [-0.39, 0.29) is 5.91 Å². The summed E-state index contributed by atoms with van der Waals surface area (Å²) in [6.07, 6.45) is 3.84. The Bertz CT molecular complexity index is 1080. The van der Waals surface area contributed by atoms with Gasteiger partial charge in [0.1, 0.15) is 11.0 Å². The minimum absolute atomic E-state index is 0.0636. The van der Waals surface area contributed by atoms with Crippen LogP contribution in [0, 0.1) is 0 Å². The number of halogens is 3. The van der Waals surface area contributed by atoms with Crippen LogP contribution < -0.4 is 5.73 Å². The lowest BCUT2D eigenvalue weighted by Gasteiger charge is -2.25. The molecule has 0 fully saturated rings. The molecule has 1 aromatic carbocycles. The zero-order valence-electron chi connectivity index (χ0n) is 18.5. The van der Waals surface area contributed by atoms with Crippen molar-refractivity contribution in [2.24, 2.45) is 5.73 Å². The minimum atomic E-state index is 0.0636. The van der Waals surface area contributed by atoms with Crippen LogP contribution >= 0.6 is 34.8 Å². The van der Waals surface area contributed by atoms with Gasteiger partial charge in [0, 0.05) is 48.1 Å². The van der Waals surface area contributed by atoms with E-state index in [1.54, 1.807) is 23.1 Å². The number of carbonyl (C=O) groups excluding carboxylic acids is 1. The number of hydrogen-bond donors (Lipinski definition) is 2. The van der Waals surface area contributed by atoms with Gasteiger partial charge in [0.25, 0.3) is 0 Å². The maximum atomic E-state index is 12.0. The highest BCUT2D eigenvalue weighted by molar-refractivity contribution is 6.35. The summed E-state index contributed by atoms with van der Waals surface area (Å²) in [4.78, 5) is 25.2.